The van der Waals surface area contributed by atoms with E-state index in [0.29, 0.717) is 23.0 Å². The van der Waals surface area contributed by atoms with Gasteiger partial charge in [-0.3, -0.25) is 4.79 Å². The first-order valence-electron chi connectivity index (χ1n) is 7.76. The van der Waals surface area contributed by atoms with Crippen LogP contribution < -0.4 is 0 Å². The molecular formula is C17H19N5O3. The van der Waals surface area contributed by atoms with E-state index in [2.05, 4.69) is 15.2 Å². The Kier molecular flexibility index (Phi) is 4.90. The van der Waals surface area contributed by atoms with Gasteiger partial charge in [-0.25, -0.2) is 4.68 Å². The molecule has 0 radical (unpaired) electrons. The lowest BCUT2D eigenvalue weighted by Gasteiger charge is -2.15. The molecule has 0 saturated carbocycles. The standard InChI is InChI=1S/C17H19N5O3/c1-12-19-16(20-25-12)10-21(2)17(23)14-9-18-22(15(14)11-24-3)13-7-5-4-6-8-13/h4-9H,10-11H2,1-3H3. The van der Waals surface area contributed by atoms with E-state index in [1.165, 1.54) is 4.90 Å². The number of hydrogen-bond donors (Lipinski definition) is 0. The maximum absolute atomic E-state index is 12.8. The molecular weight excluding hydrogens is 322 g/mol. The highest BCUT2D eigenvalue weighted by Gasteiger charge is 2.22. The van der Waals surface area contributed by atoms with E-state index in [4.69, 9.17) is 9.26 Å². The van der Waals surface area contributed by atoms with E-state index in [9.17, 15) is 4.79 Å². The Morgan fingerprint density at radius 1 is 1.32 bits per heavy atom. The maximum atomic E-state index is 12.8. The summed E-state index contributed by atoms with van der Waals surface area (Å²) in [6.45, 7) is 2.23. The molecule has 0 N–H and O–H groups in total. The first-order chi connectivity index (χ1) is 12.1. The Morgan fingerprint density at radius 2 is 2.08 bits per heavy atom. The predicted octanol–water partition coefficient (Wildman–Crippen LogP) is 1.98. The van der Waals surface area contributed by atoms with Crippen LogP contribution in [0.2, 0.25) is 0 Å². The summed E-state index contributed by atoms with van der Waals surface area (Å²) in [4.78, 5) is 18.5. The van der Waals surface area contributed by atoms with E-state index in [-0.39, 0.29) is 19.1 Å². The fourth-order valence-electron chi connectivity index (χ4n) is 2.51. The third-order valence-corrected chi connectivity index (χ3v) is 3.68. The average molecular weight is 341 g/mol. The smallest absolute Gasteiger partial charge is 0.257 e. The summed E-state index contributed by atoms with van der Waals surface area (Å²) in [5.41, 5.74) is 2.04. The number of aryl methyl sites for hydroxylation is 1. The molecule has 0 aliphatic heterocycles. The molecule has 1 amide bonds. The first kappa shape index (κ1) is 16.8. The SMILES string of the molecule is COCc1c(C(=O)N(C)Cc2noc(C)n2)cnn1-c1ccccc1. The van der Waals surface area contributed by atoms with Gasteiger partial charge in [-0.2, -0.15) is 10.1 Å². The normalized spacial score (nSPS) is 10.8. The Morgan fingerprint density at radius 3 is 2.72 bits per heavy atom. The Labute approximate surface area is 145 Å². The number of aromatic nitrogens is 4. The molecule has 8 nitrogen and oxygen atoms in total. The Hall–Kier alpha value is -3.00. The Balaban J connectivity index is 1.88. The lowest BCUT2D eigenvalue weighted by atomic mass is 10.2. The lowest BCUT2D eigenvalue weighted by Crippen LogP contribution is -2.27. The second kappa shape index (κ2) is 7.27. The van der Waals surface area contributed by atoms with Gasteiger partial charge in [0.15, 0.2) is 5.82 Å². The van der Waals surface area contributed by atoms with Gasteiger partial charge in [-0.15, -0.1) is 0 Å². The van der Waals surface area contributed by atoms with Crippen molar-refractivity contribution in [3.8, 4) is 5.69 Å². The molecule has 0 aliphatic rings. The molecule has 130 valence electrons. The summed E-state index contributed by atoms with van der Waals surface area (Å²) in [7, 11) is 3.27. The molecule has 0 aliphatic carbocycles. The molecule has 1 aromatic carbocycles. The van der Waals surface area contributed by atoms with Crippen LogP contribution >= 0.6 is 0 Å². The van der Waals surface area contributed by atoms with Gasteiger partial charge in [0, 0.05) is 21.1 Å². The van der Waals surface area contributed by atoms with Gasteiger partial charge in [0.1, 0.15) is 0 Å². The van der Waals surface area contributed by atoms with Gasteiger partial charge in [0.2, 0.25) is 5.89 Å². The fraction of sp³-hybridized carbons (Fsp3) is 0.294. The van der Waals surface area contributed by atoms with Gasteiger partial charge in [-0.05, 0) is 12.1 Å². The molecule has 2 aromatic heterocycles. The highest BCUT2D eigenvalue weighted by Crippen LogP contribution is 2.18. The third kappa shape index (κ3) is 3.58. The topological polar surface area (TPSA) is 86.3 Å². The second-order valence-electron chi connectivity index (χ2n) is 5.58. The summed E-state index contributed by atoms with van der Waals surface area (Å²) in [6, 6.07) is 9.60. The molecule has 0 saturated heterocycles. The minimum Gasteiger partial charge on any atom is -0.378 e. The number of carbonyl (C=O) groups is 1. The largest absolute Gasteiger partial charge is 0.378 e. The molecule has 0 fully saturated rings. The van der Waals surface area contributed by atoms with Crippen LogP contribution in [0.5, 0.6) is 0 Å². The van der Waals surface area contributed by atoms with E-state index in [0.717, 1.165) is 5.69 Å². The van der Waals surface area contributed by atoms with Crippen LogP contribution in [-0.2, 0) is 17.9 Å². The van der Waals surface area contributed by atoms with Crippen LogP contribution in [0, 0.1) is 6.92 Å². The van der Waals surface area contributed by atoms with Crippen molar-refractivity contribution in [2.45, 2.75) is 20.1 Å². The van der Waals surface area contributed by atoms with Gasteiger partial charge < -0.3 is 14.2 Å². The summed E-state index contributed by atoms with van der Waals surface area (Å²) in [5.74, 6) is 0.738. The van der Waals surface area contributed by atoms with E-state index in [1.54, 1.807) is 32.0 Å². The van der Waals surface area contributed by atoms with Crippen LogP contribution in [0.1, 0.15) is 27.8 Å². The van der Waals surface area contributed by atoms with E-state index < -0.39 is 0 Å². The van der Waals surface area contributed by atoms with Crippen molar-refractivity contribution in [2.75, 3.05) is 14.2 Å². The van der Waals surface area contributed by atoms with E-state index in [1.807, 2.05) is 30.3 Å². The maximum Gasteiger partial charge on any atom is 0.257 e. The number of rotatable bonds is 6. The zero-order chi connectivity index (χ0) is 17.8. The second-order valence-corrected chi connectivity index (χ2v) is 5.58. The van der Waals surface area contributed by atoms with Crippen LogP contribution in [0.25, 0.3) is 5.69 Å². The van der Waals surface area contributed by atoms with Crippen molar-refractivity contribution >= 4 is 5.91 Å². The highest BCUT2D eigenvalue weighted by molar-refractivity contribution is 5.95. The van der Waals surface area contributed by atoms with Gasteiger partial charge >= 0.3 is 0 Å². The van der Waals surface area contributed by atoms with Crippen LogP contribution in [0.15, 0.2) is 41.1 Å². The number of hydrogen-bond acceptors (Lipinski definition) is 6. The summed E-state index contributed by atoms with van der Waals surface area (Å²) >= 11 is 0. The molecule has 0 unspecified atom stereocenters. The van der Waals surface area contributed by atoms with Gasteiger partial charge in [0.05, 0.1) is 36.3 Å². The van der Waals surface area contributed by atoms with Crippen LogP contribution in [0.3, 0.4) is 0 Å². The monoisotopic (exact) mass is 341 g/mol. The van der Waals surface area contributed by atoms with Crippen molar-refractivity contribution in [2.24, 2.45) is 0 Å². The number of para-hydroxylation sites is 1. The third-order valence-electron chi connectivity index (χ3n) is 3.68. The number of methoxy groups -OCH3 is 1. The Bertz CT molecular complexity index is 856. The minimum atomic E-state index is -0.184. The summed E-state index contributed by atoms with van der Waals surface area (Å²) in [5, 5.41) is 8.18. The molecule has 0 bridgehead atoms. The summed E-state index contributed by atoms with van der Waals surface area (Å²) in [6.07, 6.45) is 1.56. The number of nitrogens with zero attached hydrogens (tertiary/aromatic N) is 5. The van der Waals surface area contributed by atoms with Crippen molar-refractivity contribution in [3.63, 3.8) is 0 Å². The van der Waals surface area contributed by atoms with Crippen molar-refractivity contribution in [3.05, 3.63) is 59.5 Å². The van der Waals surface area contributed by atoms with Crippen LogP contribution in [0.4, 0.5) is 0 Å². The number of ether oxygens (including phenoxy) is 1. The predicted molar refractivity (Wildman–Crippen MR) is 89.1 cm³/mol. The highest BCUT2D eigenvalue weighted by atomic mass is 16.5. The molecule has 8 heteroatoms. The zero-order valence-corrected chi connectivity index (χ0v) is 14.3. The summed E-state index contributed by atoms with van der Waals surface area (Å²) < 4.78 is 11.9. The minimum absolute atomic E-state index is 0.184. The molecule has 3 aromatic rings. The number of amides is 1. The first-order valence-corrected chi connectivity index (χ1v) is 7.76. The fourth-order valence-corrected chi connectivity index (χ4v) is 2.51. The van der Waals surface area contributed by atoms with Gasteiger partial charge in [-0.1, -0.05) is 23.4 Å². The van der Waals surface area contributed by atoms with Crippen molar-refractivity contribution in [1.82, 2.24) is 24.8 Å². The molecule has 0 spiro atoms. The lowest BCUT2D eigenvalue weighted by molar-refractivity contribution is 0.0775. The number of benzene rings is 1. The molecule has 2 heterocycles. The van der Waals surface area contributed by atoms with E-state index >= 15 is 0 Å². The van der Waals surface area contributed by atoms with Gasteiger partial charge in [0.25, 0.3) is 5.91 Å². The molecule has 3 rings (SSSR count). The zero-order valence-electron chi connectivity index (χ0n) is 14.3. The van der Waals surface area contributed by atoms with Crippen molar-refractivity contribution < 1.29 is 14.1 Å². The number of carbonyl (C=O) groups excluding carboxylic acids is 1. The van der Waals surface area contributed by atoms with Crippen LogP contribution in [-0.4, -0.2) is 44.9 Å². The quantitative estimate of drug-likeness (QED) is 0.681. The molecule has 25 heavy (non-hydrogen) atoms. The average Bonchev–Trinajstić information content (AvgIpc) is 3.21. The molecule has 0 atom stereocenters. The van der Waals surface area contributed by atoms with Crippen molar-refractivity contribution in [1.29, 1.82) is 0 Å².